The molecule has 1 amide bonds. The Morgan fingerprint density at radius 3 is 3.06 bits per heavy atom. The van der Waals surface area contributed by atoms with E-state index in [9.17, 15) is 4.79 Å². The summed E-state index contributed by atoms with van der Waals surface area (Å²) in [5, 5.41) is 0. The highest BCUT2D eigenvalue weighted by Gasteiger charge is 2.27. The van der Waals surface area contributed by atoms with E-state index in [2.05, 4.69) is 16.9 Å². The van der Waals surface area contributed by atoms with Crippen LogP contribution in [-0.2, 0) is 0 Å². The van der Waals surface area contributed by atoms with Crippen LogP contribution < -0.4 is 0 Å². The molecular weight excluding hydrogens is 214 g/mol. The Bertz CT molecular complexity index is 405. The van der Waals surface area contributed by atoms with Crippen molar-refractivity contribution in [3.63, 3.8) is 0 Å². The van der Waals surface area contributed by atoms with Gasteiger partial charge >= 0.3 is 0 Å². The number of piperidine rings is 1. The number of aryl methyl sites for hydroxylation is 1. The number of hydrogen-bond donors (Lipinski definition) is 0. The van der Waals surface area contributed by atoms with Crippen molar-refractivity contribution < 1.29 is 4.79 Å². The maximum absolute atomic E-state index is 12.4. The molecule has 1 atom stereocenters. The lowest BCUT2D eigenvalue weighted by Crippen LogP contribution is -2.43. The zero-order valence-corrected chi connectivity index (χ0v) is 10.5. The lowest BCUT2D eigenvalue weighted by molar-refractivity contribution is 0.0606. The summed E-state index contributed by atoms with van der Waals surface area (Å²) >= 11 is 0. The van der Waals surface area contributed by atoms with Gasteiger partial charge in [-0.1, -0.05) is 6.92 Å². The zero-order chi connectivity index (χ0) is 12.3. The van der Waals surface area contributed by atoms with Gasteiger partial charge in [-0.15, -0.1) is 0 Å². The Kier molecular flexibility index (Phi) is 3.71. The fourth-order valence-corrected chi connectivity index (χ4v) is 2.45. The van der Waals surface area contributed by atoms with Gasteiger partial charge in [0.25, 0.3) is 5.91 Å². The summed E-state index contributed by atoms with van der Waals surface area (Å²) in [5.41, 5.74) is 1.42. The molecule has 0 radical (unpaired) electrons. The van der Waals surface area contributed by atoms with E-state index in [0.29, 0.717) is 11.6 Å². The van der Waals surface area contributed by atoms with Crippen molar-refractivity contribution in [1.82, 2.24) is 14.9 Å². The number of amides is 1. The standard InChI is InChI=1S/C13H19N3O/c1-3-11-6-4-5-7-16(11)13(17)12-8-14-9-15-10(12)2/h8-9,11H,3-7H2,1-2H3. The molecular formula is C13H19N3O. The molecule has 2 rings (SSSR count). The van der Waals surface area contributed by atoms with Gasteiger partial charge in [0.1, 0.15) is 6.33 Å². The van der Waals surface area contributed by atoms with E-state index < -0.39 is 0 Å². The topological polar surface area (TPSA) is 46.1 Å². The second-order valence-electron chi connectivity index (χ2n) is 4.58. The second-order valence-corrected chi connectivity index (χ2v) is 4.58. The summed E-state index contributed by atoms with van der Waals surface area (Å²) in [5.74, 6) is 0.0923. The summed E-state index contributed by atoms with van der Waals surface area (Å²) in [7, 11) is 0. The van der Waals surface area contributed by atoms with E-state index in [1.54, 1.807) is 6.20 Å². The van der Waals surface area contributed by atoms with E-state index in [4.69, 9.17) is 0 Å². The SMILES string of the molecule is CCC1CCCCN1C(=O)c1cncnc1C. The fraction of sp³-hybridized carbons (Fsp3) is 0.615. The van der Waals surface area contributed by atoms with Crippen LogP contribution in [0.25, 0.3) is 0 Å². The van der Waals surface area contributed by atoms with Crippen LogP contribution in [0.2, 0.25) is 0 Å². The van der Waals surface area contributed by atoms with Crippen LogP contribution in [-0.4, -0.2) is 33.4 Å². The van der Waals surface area contributed by atoms with Gasteiger partial charge in [-0.25, -0.2) is 9.97 Å². The first-order valence-electron chi connectivity index (χ1n) is 6.31. The van der Waals surface area contributed by atoms with Crippen molar-refractivity contribution in [2.75, 3.05) is 6.54 Å². The maximum atomic E-state index is 12.4. The molecule has 0 bridgehead atoms. The van der Waals surface area contributed by atoms with E-state index in [0.717, 1.165) is 31.5 Å². The van der Waals surface area contributed by atoms with Crippen LogP contribution >= 0.6 is 0 Å². The number of aromatic nitrogens is 2. The average Bonchev–Trinajstić information content (AvgIpc) is 2.38. The minimum Gasteiger partial charge on any atom is -0.336 e. The van der Waals surface area contributed by atoms with Gasteiger partial charge < -0.3 is 4.90 Å². The monoisotopic (exact) mass is 233 g/mol. The summed E-state index contributed by atoms with van der Waals surface area (Å²) in [6.45, 7) is 4.87. The first kappa shape index (κ1) is 12.0. The van der Waals surface area contributed by atoms with Gasteiger partial charge in [0.05, 0.1) is 11.3 Å². The summed E-state index contributed by atoms with van der Waals surface area (Å²) < 4.78 is 0. The first-order chi connectivity index (χ1) is 8.24. The molecule has 1 aromatic rings. The highest BCUT2D eigenvalue weighted by atomic mass is 16.2. The van der Waals surface area contributed by atoms with Gasteiger partial charge in [0, 0.05) is 18.8 Å². The van der Waals surface area contributed by atoms with E-state index in [1.807, 2.05) is 11.8 Å². The Balaban J connectivity index is 2.21. The molecule has 0 aromatic carbocycles. The quantitative estimate of drug-likeness (QED) is 0.786. The molecule has 2 heterocycles. The van der Waals surface area contributed by atoms with Crippen LogP contribution in [0.15, 0.2) is 12.5 Å². The highest BCUT2D eigenvalue weighted by molar-refractivity contribution is 5.95. The average molecular weight is 233 g/mol. The van der Waals surface area contributed by atoms with Crippen LogP contribution in [0, 0.1) is 6.92 Å². The number of carbonyl (C=O) groups excluding carboxylic acids is 1. The minimum absolute atomic E-state index is 0.0923. The molecule has 4 heteroatoms. The Morgan fingerprint density at radius 2 is 2.35 bits per heavy atom. The Labute approximate surface area is 102 Å². The molecule has 0 spiro atoms. The summed E-state index contributed by atoms with van der Waals surface area (Å²) in [6.07, 6.45) is 7.60. The van der Waals surface area contributed by atoms with Gasteiger partial charge in [-0.3, -0.25) is 4.79 Å². The largest absolute Gasteiger partial charge is 0.336 e. The third-order valence-electron chi connectivity index (χ3n) is 3.50. The van der Waals surface area contributed by atoms with Crippen LogP contribution in [0.3, 0.4) is 0 Å². The molecule has 1 unspecified atom stereocenters. The third kappa shape index (κ3) is 2.46. The molecule has 92 valence electrons. The maximum Gasteiger partial charge on any atom is 0.257 e. The first-order valence-corrected chi connectivity index (χ1v) is 6.31. The number of hydrogen-bond acceptors (Lipinski definition) is 3. The van der Waals surface area contributed by atoms with Crippen LogP contribution in [0.1, 0.15) is 48.7 Å². The molecule has 1 fully saturated rings. The normalized spacial score (nSPS) is 20.4. The zero-order valence-electron chi connectivity index (χ0n) is 10.5. The molecule has 0 N–H and O–H groups in total. The van der Waals surface area contributed by atoms with E-state index in [1.165, 1.54) is 12.7 Å². The van der Waals surface area contributed by atoms with E-state index >= 15 is 0 Å². The predicted molar refractivity (Wildman–Crippen MR) is 65.7 cm³/mol. The smallest absolute Gasteiger partial charge is 0.257 e. The number of carbonyl (C=O) groups is 1. The third-order valence-corrected chi connectivity index (χ3v) is 3.50. The summed E-state index contributed by atoms with van der Waals surface area (Å²) in [4.78, 5) is 22.5. The second kappa shape index (κ2) is 5.25. The molecule has 1 aliphatic rings. The molecule has 17 heavy (non-hydrogen) atoms. The van der Waals surface area contributed by atoms with Gasteiger partial charge in [0.15, 0.2) is 0 Å². The molecule has 1 aliphatic heterocycles. The molecule has 0 aliphatic carbocycles. The van der Waals surface area contributed by atoms with Gasteiger partial charge in [-0.05, 0) is 32.6 Å². The minimum atomic E-state index is 0.0923. The van der Waals surface area contributed by atoms with Gasteiger partial charge in [-0.2, -0.15) is 0 Å². The molecule has 1 saturated heterocycles. The van der Waals surface area contributed by atoms with Crippen molar-refractivity contribution in [2.45, 2.75) is 45.6 Å². The predicted octanol–water partition coefficient (Wildman–Crippen LogP) is 2.19. The lowest BCUT2D eigenvalue weighted by Gasteiger charge is -2.35. The van der Waals surface area contributed by atoms with Crippen molar-refractivity contribution in [2.24, 2.45) is 0 Å². The van der Waals surface area contributed by atoms with Crippen LogP contribution in [0.5, 0.6) is 0 Å². The summed E-state index contributed by atoms with van der Waals surface area (Å²) in [6, 6.07) is 0.385. The van der Waals surface area contributed by atoms with E-state index in [-0.39, 0.29) is 5.91 Å². The lowest BCUT2D eigenvalue weighted by atomic mass is 9.99. The molecule has 1 aromatic heterocycles. The van der Waals surface area contributed by atoms with Crippen molar-refractivity contribution in [3.8, 4) is 0 Å². The Morgan fingerprint density at radius 1 is 1.53 bits per heavy atom. The number of likely N-dealkylation sites (tertiary alicyclic amines) is 1. The van der Waals surface area contributed by atoms with Crippen molar-refractivity contribution >= 4 is 5.91 Å². The highest BCUT2D eigenvalue weighted by Crippen LogP contribution is 2.22. The van der Waals surface area contributed by atoms with Crippen molar-refractivity contribution in [1.29, 1.82) is 0 Å². The number of nitrogens with zero attached hydrogens (tertiary/aromatic N) is 3. The fourth-order valence-electron chi connectivity index (χ4n) is 2.45. The Hall–Kier alpha value is -1.45. The van der Waals surface area contributed by atoms with Gasteiger partial charge in [0.2, 0.25) is 0 Å². The number of rotatable bonds is 2. The molecule has 4 nitrogen and oxygen atoms in total. The van der Waals surface area contributed by atoms with Crippen molar-refractivity contribution in [3.05, 3.63) is 23.8 Å². The van der Waals surface area contributed by atoms with Crippen LogP contribution in [0.4, 0.5) is 0 Å². The molecule has 0 saturated carbocycles.